The molecule has 1 aromatic carbocycles. The second-order valence-corrected chi connectivity index (χ2v) is 13.7. The van der Waals surface area contributed by atoms with Crippen molar-refractivity contribution in [3.8, 4) is 5.75 Å². The van der Waals surface area contributed by atoms with Crippen molar-refractivity contribution in [3.05, 3.63) is 18.2 Å². The van der Waals surface area contributed by atoms with Crippen LogP contribution in [-0.2, 0) is 9.53 Å². The molecule has 4 aliphatic carbocycles. The molecule has 7 nitrogen and oxygen atoms in total. The number of nitrogens with zero attached hydrogens (tertiary/aromatic N) is 1. The Morgan fingerprint density at radius 2 is 1.90 bits per heavy atom. The first-order chi connectivity index (χ1) is 18.9. The summed E-state index contributed by atoms with van der Waals surface area (Å²) in [7, 11) is 1.80. The molecule has 8 atom stereocenters. The van der Waals surface area contributed by atoms with Gasteiger partial charge < -0.3 is 14.6 Å². The van der Waals surface area contributed by atoms with Crippen LogP contribution in [0.2, 0.25) is 0 Å². The summed E-state index contributed by atoms with van der Waals surface area (Å²) in [4.78, 5) is 13.8. The van der Waals surface area contributed by atoms with Crippen LogP contribution >= 0.6 is 0 Å². The zero-order chi connectivity index (χ0) is 28.5. The lowest BCUT2D eigenvalue weighted by atomic mass is 9.43. The summed E-state index contributed by atoms with van der Waals surface area (Å²) in [6, 6.07) is 4.43. The average molecular weight is 566 g/mol. The molecule has 0 aromatic heterocycles. The zero-order valence-corrected chi connectivity index (χ0v) is 23.7. The van der Waals surface area contributed by atoms with Crippen molar-refractivity contribution in [3.63, 3.8) is 0 Å². The number of benzene rings is 1. The van der Waals surface area contributed by atoms with Crippen LogP contribution in [0.5, 0.6) is 5.75 Å². The highest BCUT2D eigenvalue weighted by molar-refractivity contribution is 5.89. The second kappa shape index (κ2) is 9.76. The van der Waals surface area contributed by atoms with Gasteiger partial charge in [-0.15, -0.1) is 18.7 Å². The fraction of sp³-hybridized carbons (Fsp3) is 0.767. The molecule has 0 radical (unpaired) electrons. The van der Waals surface area contributed by atoms with Gasteiger partial charge in [0.25, 0.3) is 0 Å². The smallest absolute Gasteiger partial charge is 0.403 e. The summed E-state index contributed by atoms with van der Waals surface area (Å²) in [5, 5.41) is 12.5. The highest BCUT2D eigenvalue weighted by Gasteiger charge is 2.63. The lowest BCUT2D eigenvalue weighted by Crippen LogP contribution is -2.58. The molecule has 6 rings (SSSR count). The van der Waals surface area contributed by atoms with Gasteiger partial charge in [-0.1, -0.05) is 13.0 Å². The largest absolute Gasteiger partial charge is 0.573 e. The number of carbonyl (C=O) groups is 1. The highest BCUT2D eigenvalue weighted by Crippen LogP contribution is 2.68. The van der Waals surface area contributed by atoms with Crippen molar-refractivity contribution in [2.24, 2.45) is 40.4 Å². The van der Waals surface area contributed by atoms with Gasteiger partial charge in [0.15, 0.2) is 11.5 Å². The fourth-order valence-electron chi connectivity index (χ4n) is 9.97. The molecule has 0 spiro atoms. The minimum absolute atomic E-state index is 0.0707. The third-order valence-corrected chi connectivity index (χ3v) is 11.6. The normalized spacial score (nSPS) is 40.5. The van der Waals surface area contributed by atoms with Crippen LogP contribution < -0.4 is 20.7 Å². The molecule has 0 amide bonds. The summed E-state index contributed by atoms with van der Waals surface area (Å²) in [5.41, 5.74) is 5.69. The minimum atomic E-state index is -4.80. The van der Waals surface area contributed by atoms with Crippen LogP contribution in [0.25, 0.3) is 0 Å². The quantitative estimate of drug-likeness (QED) is 0.400. The zero-order valence-electron chi connectivity index (χ0n) is 23.7. The SMILES string of the molecule is COC[C@]12CC[C@@](C)(O)C[C@@H]1CC[C@H]1[C@@H]3CC[C@H](C(=O)CN4NNc5c(OC(F)(F)F)cccc54)[C@@]3(C)CC[C@@H]12. The third-order valence-electron chi connectivity index (χ3n) is 11.6. The molecule has 0 saturated heterocycles. The number of nitrogens with one attached hydrogen (secondary N) is 2. The van der Waals surface area contributed by atoms with Gasteiger partial charge in [-0.25, -0.2) is 0 Å². The number of Topliss-reactive ketones (excluding diaryl/α,β-unsaturated/α-hetero) is 1. The Kier molecular flexibility index (Phi) is 6.86. The van der Waals surface area contributed by atoms with Gasteiger partial charge in [0.1, 0.15) is 5.69 Å². The average Bonchev–Trinajstić information content (AvgIpc) is 3.44. The van der Waals surface area contributed by atoms with Crippen LogP contribution in [0.4, 0.5) is 24.5 Å². The first-order valence-corrected chi connectivity index (χ1v) is 14.8. The van der Waals surface area contributed by atoms with Crippen molar-refractivity contribution in [1.82, 2.24) is 5.53 Å². The van der Waals surface area contributed by atoms with Gasteiger partial charge in [0.2, 0.25) is 0 Å². The number of aliphatic hydroxyl groups is 1. The first-order valence-electron chi connectivity index (χ1n) is 14.8. The molecule has 1 aliphatic heterocycles. The number of ether oxygens (including phenoxy) is 2. The van der Waals surface area contributed by atoms with Crippen molar-refractivity contribution < 1.29 is 32.5 Å². The molecule has 1 aromatic rings. The maximum absolute atomic E-state index is 13.8. The van der Waals surface area contributed by atoms with E-state index in [0.717, 1.165) is 64.4 Å². The van der Waals surface area contributed by atoms with E-state index in [1.165, 1.54) is 12.1 Å². The Morgan fingerprint density at radius 3 is 2.65 bits per heavy atom. The van der Waals surface area contributed by atoms with Crippen molar-refractivity contribution in [2.45, 2.75) is 83.6 Å². The standard InChI is InChI=1S/C30H42F3N3O4/c1-27(38)13-14-29(17-39-3)18(15-27)7-8-19-20-9-10-22(28(20,2)12-11-21(19)29)24(37)16-36-23-5-4-6-25(26(23)34-35-36)40-30(31,32)33/h4-6,18-22,34-35,38H,7-17H2,1-3H3/t18-,19-,20-,21-,22+,27+,28-,29+/m0/s1. The van der Waals surface area contributed by atoms with E-state index in [-0.39, 0.29) is 40.5 Å². The summed E-state index contributed by atoms with van der Waals surface area (Å²) in [6.45, 7) is 5.10. The molecule has 0 unspecified atom stereocenters. The molecule has 4 fully saturated rings. The number of methoxy groups -OCH3 is 1. The monoisotopic (exact) mass is 565 g/mol. The number of fused-ring (bicyclic) bond motifs is 6. The summed E-state index contributed by atoms with van der Waals surface area (Å²) in [6.07, 6.45) is 4.06. The third kappa shape index (κ3) is 4.58. The van der Waals surface area contributed by atoms with Crippen molar-refractivity contribution >= 4 is 17.2 Å². The molecule has 1 heterocycles. The molecule has 4 saturated carbocycles. The van der Waals surface area contributed by atoms with E-state index >= 15 is 0 Å². The number of halogens is 3. The van der Waals surface area contributed by atoms with Gasteiger partial charge >= 0.3 is 6.36 Å². The predicted molar refractivity (Wildman–Crippen MR) is 144 cm³/mol. The Balaban J connectivity index is 1.18. The van der Waals surface area contributed by atoms with Crippen molar-refractivity contribution in [1.29, 1.82) is 0 Å². The van der Waals surface area contributed by atoms with Gasteiger partial charge in [-0.3, -0.25) is 15.2 Å². The molecule has 10 heteroatoms. The molecule has 0 bridgehead atoms. The number of hydrogen-bond acceptors (Lipinski definition) is 7. The molecular weight excluding hydrogens is 523 g/mol. The van der Waals surface area contributed by atoms with E-state index in [0.29, 0.717) is 29.4 Å². The highest BCUT2D eigenvalue weighted by atomic mass is 19.4. The molecule has 40 heavy (non-hydrogen) atoms. The van der Waals surface area contributed by atoms with Crippen LogP contribution in [0.3, 0.4) is 0 Å². The Bertz CT molecular complexity index is 1150. The van der Waals surface area contributed by atoms with E-state index in [1.807, 2.05) is 6.92 Å². The maximum Gasteiger partial charge on any atom is 0.573 e. The number of ketones is 1. The Hall–Kier alpha value is -2.04. The second-order valence-electron chi connectivity index (χ2n) is 13.7. The fourth-order valence-corrected chi connectivity index (χ4v) is 9.97. The van der Waals surface area contributed by atoms with Gasteiger partial charge in [0.05, 0.1) is 24.4 Å². The molecular formula is C30H42F3N3O4. The topological polar surface area (TPSA) is 83.1 Å². The predicted octanol–water partition coefficient (Wildman–Crippen LogP) is 5.84. The van der Waals surface area contributed by atoms with Gasteiger partial charge in [-0.05, 0) is 111 Å². The Labute approximate surface area is 234 Å². The number of alkyl halides is 3. The lowest BCUT2D eigenvalue weighted by Gasteiger charge is -2.62. The lowest BCUT2D eigenvalue weighted by molar-refractivity contribution is -0.274. The molecule has 222 valence electrons. The van der Waals surface area contributed by atoms with E-state index in [4.69, 9.17) is 4.74 Å². The number of hydrogen-bond donors (Lipinski definition) is 3. The molecule has 5 aliphatic rings. The van der Waals surface area contributed by atoms with E-state index in [1.54, 1.807) is 18.2 Å². The number of rotatable bonds is 6. The van der Waals surface area contributed by atoms with E-state index in [9.17, 15) is 23.1 Å². The number of anilines is 2. The van der Waals surface area contributed by atoms with Crippen LogP contribution in [0.15, 0.2) is 18.2 Å². The molecule has 3 N–H and O–H groups in total. The van der Waals surface area contributed by atoms with Crippen LogP contribution in [0, 0.1) is 40.4 Å². The van der Waals surface area contributed by atoms with E-state index < -0.39 is 12.0 Å². The minimum Gasteiger partial charge on any atom is -0.403 e. The Morgan fingerprint density at radius 1 is 1.10 bits per heavy atom. The van der Waals surface area contributed by atoms with Crippen LogP contribution in [-0.4, -0.2) is 43.1 Å². The number of hydrazine groups is 2. The van der Waals surface area contributed by atoms with Gasteiger partial charge in [-0.2, -0.15) is 0 Å². The maximum atomic E-state index is 13.8. The number of para-hydroxylation sites is 1. The van der Waals surface area contributed by atoms with Crippen molar-refractivity contribution in [2.75, 3.05) is 30.7 Å². The summed E-state index contributed by atoms with van der Waals surface area (Å²) >= 11 is 0. The summed E-state index contributed by atoms with van der Waals surface area (Å²) in [5.74, 6) is 1.77. The first kappa shape index (κ1) is 28.1. The summed E-state index contributed by atoms with van der Waals surface area (Å²) < 4.78 is 48.7. The number of carbonyl (C=O) groups excluding carboxylic acids is 1. The van der Waals surface area contributed by atoms with Gasteiger partial charge in [0, 0.05) is 13.0 Å². The van der Waals surface area contributed by atoms with E-state index in [2.05, 4.69) is 22.6 Å². The van der Waals surface area contributed by atoms with Crippen LogP contribution in [0.1, 0.15) is 71.6 Å².